The van der Waals surface area contributed by atoms with Crippen molar-refractivity contribution < 1.29 is 19.3 Å². The maximum absolute atomic E-state index is 10.4. The highest BCUT2D eigenvalue weighted by Gasteiger charge is 2.42. The van der Waals surface area contributed by atoms with E-state index in [1.807, 2.05) is 40.7 Å². The number of ether oxygens (including phenoxy) is 3. The molecule has 0 spiro atoms. The molecule has 0 bridgehead atoms. The van der Waals surface area contributed by atoms with Crippen molar-refractivity contribution in [2.45, 2.75) is 18.7 Å². The van der Waals surface area contributed by atoms with Crippen LogP contribution in [0, 0.1) is 0 Å². The molecule has 2 aliphatic rings. The third-order valence-electron chi connectivity index (χ3n) is 5.34. The molecule has 2 aliphatic heterocycles. The Morgan fingerprint density at radius 1 is 1.17 bits per heavy atom. The van der Waals surface area contributed by atoms with Crippen LogP contribution in [0.5, 0.6) is 23.0 Å². The fourth-order valence-electron chi connectivity index (χ4n) is 3.92. The first kappa shape index (κ1) is 17.9. The molecule has 0 fully saturated rings. The number of fused-ring (bicyclic) bond motifs is 3. The Morgan fingerprint density at radius 2 is 2.07 bits per heavy atom. The van der Waals surface area contributed by atoms with Gasteiger partial charge in [-0.3, -0.25) is 0 Å². The van der Waals surface area contributed by atoms with Crippen LogP contribution in [0.25, 0.3) is 0 Å². The molecule has 1 N–H and O–H groups in total. The van der Waals surface area contributed by atoms with Gasteiger partial charge in [0.2, 0.25) is 6.23 Å². The van der Waals surface area contributed by atoms with E-state index >= 15 is 0 Å². The molecular formula is C22H20N2O4S. The van der Waals surface area contributed by atoms with Gasteiger partial charge in [-0.05, 0) is 41.1 Å². The number of thiophene rings is 1. The fraction of sp³-hybridized carbons (Fsp3) is 0.227. The lowest BCUT2D eigenvalue weighted by atomic mass is 9.95. The van der Waals surface area contributed by atoms with Crippen molar-refractivity contribution in [3.8, 4) is 23.0 Å². The molecule has 3 aromatic rings. The van der Waals surface area contributed by atoms with Crippen molar-refractivity contribution in [1.29, 1.82) is 0 Å². The average Bonchev–Trinajstić information content (AvgIpc) is 3.43. The van der Waals surface area contributed by atoms with Crippen LogP contribution < -0.4 is 14.2 Å². The third kappa shape index (κ3) is 2.89. The maximum Gasteiger partial charge on any atom is 0.214 e. The van der Waals surface area contributed by atoms with Crippen LogP contribution in [0.2, 0.25) is 0 Å². The molecule has 2 aromatic carbocycles. The standard InChI is InChI=1S/C22H20N2O4S/c1-26-14-6-7-19(25)16(10-14)17-11-18-15-4-3-5-20(27-2)21(15)28-22(24(18)23-17)13-8-9-29-12-13/h3-10,12,18,22,25H,11H2,1-2H3/t18-,22-/m1/s1. The summed E-state index contributed by atoms with van der Waals surface area (Å²) in [5, 5.41) is 21.4. The molecule has 0 saturated heterocycles. The highest BCUT2D eigenvalue weighted by molar-refractivity contribution is 7.07. The van der Waals surface area contributed by atoms with Gasteiger partial charge in [-0.2, -0.15) is 16.4 Å². The molecule has 0 unspecified atom stereocenters. The number of phenolic OH excluding ortho intramolecular Hbond substituents is 1. The van der Waals surface area contributed by atoms with E-state index in [9.17, 15) is 5.11 Å². The van der Waals surface area contributed by atoms with Crippen molar-refractivity contribution in [2.24, 2.45) is 5.10 Å². The van der Waals surface area contributed by atoms with Crippen molar-refractivity contribution in [2.75, 3.05) is 14.2 Å². The number of hydrogen-bond donors (Lipinski definition) is 1. The second kappa shape index (κ2) is 7.00. The second-order valence-corrected chi connectivity index (χ2v) is 7.72. The summed E-state index contributed by atoms with van der Waals surface area (Å²) in [5.74, 6) is 2.32. The number of benzene rings is 2. The van der Waals surface area contributed by atoms with Gasteiger partial charge in [-0.1, -0.05) is 12.1 Å². The van der Waals surface area contributed by atoms with Gasteiger partial charge in [0, 0.05) is 23.1 Å². The van der Waals surface area contributed by atoms with Crippen molar-refractivity contribution in [3.63, 3.8) is 0 Å². The first-order valence-electron chi connectivity index (χ1n) is 9.28. The van der Waals surface area contributed by atoms with E-state index in [0.717, 1.165) is 22.6 Å². The molecule has 6 nitrogen and oxygen atoms in total. The van der Waals surface area contributed by atoms with E-state index in [1.165, 1.54) is 0 Å². The van der Waals surface area contributed by atoms with Crippen LogP contribution in [0.1, 0.15) is 35.4 Å². The Hall–Kier alpha value is -3.19. The molecule has 7 heteroatoms. The number of rotatable bonds is 4. The van der Waals surface area contributed by atoms with Gasteiger partial charge < -0.3 is 19.3 Å². The summed E-state index contributed by atoms with van der Waals surface area (Å²) in [4.78, 5) is 0. The number of hydrazone groups is 1. The lowest BCUT2D eigenvalue weighted by Crippen LogP contribution is -2.33. The lowest BCUT2D eigenvalue weighted by Gasteiger charge is -2.38. The first-order chi connectivity index (χ1) is 14.2. The summed E-state index contributed by atoms with van der Waals surface area (Å²) in [5.41, 5.74) is 3.53. The highest BCUT2D eigenvalue weighted by atomic mass is 32.1. The molecule has 0 amide bonds. The summed E-state index contributed by atoms with van der Waals surface area (Å²) in [6, 6.07) is 13.1. The Balaban J connectivity index is 1.62. The van der Waals surface area contributed by atoms with Gasteiger partial charge in [-0.15, -0.1) is 0 Å². The number of nitrogens with zero attached hydrogens (tertiary/aromatic N) is 2. The SMILES string of the molecule is COc1ccc(O)c(C2=NN3[C@H](C2)c2cccc(OC)c2O[C@@H]3c2ccsc2)c1. The van der Waals surface area contributed by atoms with E-state index < -0.39 is 0 Å². The zero-order valence-electron chi connectivity index (χ0n) is 16.0. The third-order valence-corrected chi connectivity index (χ3v) is 6.04. The Bertz CT molecular complexity index is 1080. The Labute approximate surface area is 172 Å². The zero-order chi connectivity index (χ0) is 20.0. The van der Waals surface area contributed by atoms with E-state index in [2.05, 4.69) is 5.38 Å². The normalized spacial score (nSPS) is 19.8. The van der Waals surface area contributed by atoms with Gasteiger partial charge in [0.1, 0.15) is 11.5 Å². The van der Waals surface area contributed by atoms with Crippen LogP contribution in [0.4, 0.5) is 0 Å². The van der Waals surface area contributed by atoms with Gasteiger partial charge in [-0.25, -0.2) is 5.01 Å². The highest BCUT2D eigenvalue weighted by Crippen LogP contribution is 2.51. The average molecular weight is 408 g/mol. The number of phenols is 1. The Morgan fingerprint density at radius 3 is 2.83 bits per heavy atom. The van der Waals surface area contributed by atoms with E-state index in [-0.39, 0.29) is 18.0 Å². The van der Waals surface area contributed by atoms with Crippen molar-refractivity contribution in [3.05, 3.63) is 69.9 Å². The fourth-order valence-corrected chi connectivity index (χ4v) is 4.58. The summed E-state index contributed by atoms with van der Waals surface area (Å²) < 4.78 is 17.3. The van der Waals surface area contributed by atoms with Crippen LogP contribution in [0.3, 0.4) is 0 Å². The zero-order valence-corrected chi connectivity index (χ0v) is 16.8. The number of methoxy groups -OCH3 is 2. The van der Waals surface area contributed by atoms with E-state index in [1.54, 1.807) is 37.7 Å². The number of aromatic hydroxyl groups is 1. The minimum absolute atomic E-state index is 0.0145. The second-order valence-electron chi connectivity index (χ2n) is 6.94. The smallest absolute Gasteiger partial charge is 0.214 e. The Kier molecular flexibility index (Phi) is 4.32. The molecule has 5 rings (SSSR count). The first-order valence-corrected chi connectivity index (χ1v) is 10.2. The molecule has 0 saturated carbocycles. The molecule has 0 aliphatic carbocycles. The molecular weight excluding hydrogens is 388 g/mol. The summed E-state index contributed by atoms with van der Waals surface area (Å²) in [6.45, 7) is 0. The number of hydrogen-bond acceptors (Lipinski definition) is 7. The van der Waals surface area contributed by atoms with Gasteiger partial charge in [0.15, 0.2) is 11.5 Å². The van der Waals surface area contributed by atoms with Crippen LogP contribution in [0.15, 0.2) is 58.3 Å². The topological polar surface area (TPSA) is 63.5 Å². The predicted octanol–water partition coefficient (Wildman–Crippen LogP) is 4.71. The molecule has 1 aromatic heterocycles. The van der Waals surface area contributed by atoms with Crippen molar-refractivity contribution in [1.82, 2.24) is 5.01 Å². The van der Waals surface area contributed by atoms with Gasteiger partial charge in [0.25, 0.3) is 0 Å². The van der Waals surface area contributed by atoms with Crippen LogP contribution >= 0.6 is 11.3 Å². The molecule has 29 heavy (non-hydrogen) atoms. The molecule has 3 heterocycles. The summed E-state index contributed by atoms with van der Waals surface area (Å²) in [7, 11) is 3.26. The summed E-state index contributed by atoms with van der Waals surface area (Å²) in [6.07, 6.45) is 0.283. The number of para-hydroxylation sites is 1. The van der Waals surface area contributed by atoms with Gasteiger partial charge >= 0.3 is 0 Å². The van der Waals surface area contributed by atoms with Crippen molar-refractivity contribution >= 4 is 17.0 Å². The maximum atomic E-state index is 10.4. The molecule has 2 atom stereocenters. The van der Waals surface area contributed by atoms with E-state index in [4.69, 9.17) is 19.3 Å². The van der Waals surface area contributed by atoms with E-state index in [0.29, 0.717) is 23.5 Å². The molecule has 148 valence electrons. The largest absolute Gasteiger partial charge is 0.507 e. The monoisotopic (exact) mass is 408 g/mol. The quantitative estimate of drug-likeness (QED) is 0.677. The van der Waals surface area contributed by atoms with Gasteiger partial charge in [0.05, 0.1) is 26.0 Å². The lowest BCUT2D eigenvalue weighted by molar-refractivity contribution is -0.0206. The van der Waals surface area contributed by atoms with Crippen LogP contribution in [-0.4, -0.2) is 30.0 Å². The minimum atomic E-state index is -0.361. The predicted molar refractivity (Wildman–Crippen MR) is 111 cm³/mol. The van der Waals surface area contributed by atoms with Crippen LogP contribution in [-0.2, 0) is 0 Å². The minimum Gasteiger partial charge on any atom is -0.507 e. The summed E-state index contributed by atoms with van der Waals surface area (Å²) >= 11 is 1.62. The molecule has 0 radical (unpaired) electrons.